The smallest absolute Gasteiger partial charge is 0.195 e. The maximum absolute atomic E-state index is 5.56. The average Bonchev–Trinajstić information content (AvgIpc) is 3.23. The fourth-order valence-electron chi connectivity index (χ4n) is 2.87. The summed E-state index contributed by atoms with van der Waals surface area (Å²) in [6, 6.07) is 15.8. The zero-order valence-corrected chi connectivity index (χ0v) is 19.8. The van der Waals surface area contributed by atoms with Gasteiger partial charge in [-0.05, 0) is 43.2 Å². The third-order valence-electron chi connectivity index (χ3n) is 4.31. The minimum absolute atomic E-state index is 0. The topological polar surface area (TPSA) is 72.7 Å². The molecule has 0 bridgehead atoms. The van der Waals surface area contributed by atoms with E-state index < -0.39 is 0 Å². The van der Waals surface area contributed by atoms with Crippen LogP contribution in [0.15, 0.2) is 65.9 Å². The monoisotopic (exact) mass is 521 g/mol. The van der Waals surface area contributed by atoms with Gasteiger partial charge in [-0.2, -0.15) is 5.10 Å². The summed E-state index contributed by atoms with van der Waals surface area (Å²) in [4.78, 5) is 4.28. The molecule has 1 heterocycles. The molecule has 3 aromatic rings. The van der Waals surface area contributed by atoms with Crippen LogP contribution in [0.2, 0.25) is 0 Å². The predicted octanol–water partition coefficient (Wildman–Crippen LogP) is 4.13. The highest BCUT2D eigenvalue weighted by Crippen LogP contribution is 2.30. The van der Waals surface area contributed by atoms with Crippen molar-refractivity contribution in [1.29, 1.82) is 0 Å². The van der Waals surface area contributed by atoms with Crippen molar-refractivity contribution in [3.63, 3.8) is 0 Å². The Balaban J connectivity index is 0.00000320. The first-order valence-electron chi connectivity index (χ1n) is 9.61. The largest absolute Gasteiger partial charge is 0.493 e. The second kappa shape index (κ2) is 12.1. The summed E-state index contributed by atoms with van der Waals surface area (Å²) in [5.41, 5.74) is 3.07. The van der Waals surface area contributed by atoms with Crippen LogP contribution in [0.5, 0.6) is 11.5 Å². The van der Waals surface area contributed by atoms with Crippen LogP contribution in [0.1, 0.15) is 12.5 Å². The molecule has 2 N–H and O–H groups in total. The molecule has 0 atom stereocenters. The van der Waals surface area contributed by atoms with Crippen LogP contribution < -0.4 is 20.1 Å². The zero-order valence-electron chi connectivity index (χ0n) is 17.5. The van der Waals surface area contributed by atoms with Gasteiger partial charge < -0.3 is 20.1 Å². The molecular formula is C22H28IN5O2. The number of nitrogens with one attached hydrogen (secondary N) is 2. The van der Waals surface area contributed by atoms with Gasteiger partial charge in [-0.3, -0.25) is 4.99 Å². The number of anilines is 1. The SMILES string of the molecule is CCOc1ccc(NC(=NC)NCCc2cnn(-c3ccccc3)c2)cc1OC.I. The number of methoxy groups -OCH3 is 1. The molecule has 0 amide bonds. The van der Waals surface area contributed by atoms with E-state index >= 15 is 0 Å². The van der Waals surface area contributed by atoms with Crippen molar-refractivity contribution in [3.8, 4) is 17.2 Å². The fourth-order valence-corrected chi connectivity index (χ4v) is 2.87. The minimum Gasteiger partial charge on any atom is -0.493 e. The minimum atomic E-state index is 0. The van der Waals surface area contributed by atoms with Crippen molar-refractivity contribution in [2.45, 2.75) is 13.3 Å². The van der Waals surface area contributed by atoms with Gasteiger partial charge >= 0.3 is 0 Å². The lowest BCUT2D eigenvalue weighted by molar-refractivity contribution is 0.311. The molecule has 0 fully saturated rings. The lowest BCUT2D eigenvalue weighted by Gasteiger charge is -2.14. The van der Waals surface area contributed by atoms with Crippen LogP contribution in [0.3, 0.4) is 0 Å². The van der Waals surface area contributed by atoms with E-state index in [1.54, 1.807) is 14.2 Å². The molecule has 30 heavy (non-hydrogen) atoms. The predicted molar refractivity (Wildman–Crippen MR) is 132 cm³/mol. The Hall–Kier alpha value is -2.75. The molecule has 7 nitrogen and oxygen atoms in total. The lowest BCUT2D eigenvalue weighted by Crippen LogP contribution is -2.32. The van der Waals surface area contributed by atoms with Gasteiger partial charge in [-0.1, -0.05) is 18.2 Å². The number of rotatable bonds is 8. The van der Waals surface area contributed by atoms with Crippen LogP contribution in [-0.2, 0) is 6.42 Å². The average molecular weight is 521 g/mol. The quantitative estimate of drug-likeness (QED) is 0.265. The van der Waals surface area contributed by atoms with Gasteiger partial charge in [-0.25, -0.2) is 4.68 Å². The maximum atomic E-state index is 5.56. The molecular weight excluding hydrogens is 493 g/mol. The van der Waals surface area contributed by atoms with E-state index in [0.717, 1.165) is 35.7 Å². The van der Waals surface area contributed by atoms with Crippen LogP contribution in [0, 0.1) is 0 Å². The highest BCUT2D eigenvalue weighted by atomic mass is 127. The van der Waals surface area contributed by atoms with Gasteiger partial charge in [-0.15, -0.1) is 24.0 Å². The fraction of sp³-hybridized carbons (Fsp3) is 0.273. The number of para-hydroxylation sites is 1. The molecule has 2 aromatic carbocycles. The number of nitrogens with zero attached hydrogens (tertiary/aromatic N) is 3. The molecule has 0 aliphatic carbocycles. The first kappa shape index (κ1) is 23.5. The first-order chi connectivity index (χ1) is 14.2. The Morgan fingerprint density at radius 3 is 2.63 bits per heavy atom. The Bertz CT molecular complexity index is 944. The summed E-state index contributed by atoms with van der Waals surface area (Å²) >= 11 is 0. The Labute approximate surface area is 194 Å². The Morgan fingerprint density at radius 1 is 1.13 bits per heavy atom. The second-order valence-electron chi connectivity index (χ2n) is 6.30. The third kappa shape index (κ3) is 6.38. The first-order valence-corrected chi connectivity index (χ1v) is 9.61. The van der Waals surface area contributed by atoms with Gasteiger partial charge in [0.05, 0.1) is 25.6 Å². The molecule has 0 radical (unpaired) electrons. The number of halogens is 1. The number of benzene rings is 2. The number of hydrogen-bond acceptors (Lipinski definition) is 4. The van der Waals surface area contributed by atoms with Crippen LogP contribution in [0.25, 0.3) is 5.69 Å². The van der Waals surface area contributed by atoms with Crippen molar-refractivity contribution >= 4 is 35.6 Å². The van der Waals surface area contributed by atoms with Gasteiger partial charge in [0.25, 0.3) is 0 Å². The van der Waals surface area contributed by atoms with Gasteiger partial charge in [0.2, 0.25) is 0 Å². The lowest BCUT2D eigenvalue weighted by atomic mass is 10.2. The molecule has 3 rings (SSSR count). The van der Waals surface area contributed by atoms with Crippen molar-refractivity contribution in [3.05, 3.63) is 66.5 Å². The highest BCUT2D eigenvalue weighted by Gasteiger charge is 2.07. The molecule has 0 spiro atoms. The van der Waals surface area contributed by atoms with E-state index in [1.165, 1.54) is 0 Å². The van der Waals surface area contributed by atoms with E-state index in [1.807, 2.05) is 72.5 Å². The summed E-state index contributed by atoms with van der Waals surface area (Å²) in [5, 5.41) is 11.0. The summed E-state index contributed by atoms with van der Waals surface area (Å²) in [7, 11) is 3.37. The van der Waals surface area contributed by atoms with E-state index in [0.29, 0.717) is 18.3 Å². The van der Waals surface area contributed by atoms with E-state index in [4.69, 9.17) is 9.47 Å². The van der Waals surface area contributed by atoms with Gasteiger partial charge in [0.15, 0.2) is 17.5 Å². The number of aliphatic imine (C=N–C) groups is 1. The Morgan fingerprint density at radius 2 is 1.93 bits per heavy atom. The van der Waals surface area contributed by atoms with Crippen LogP contribution in [-0.4, -0.2) is 43.0 Å². The highest BCUT2D eigenvalue weighted by molar-refractivity contribution is 14.0. The molecule has 1 aromatic heterocycles. The standard InChI is InChI=1S/C22H27N5O2.HI/c1-4-29-20-11-10-18(14-21(20)28-3)26-22(23-2)24-13-12-17-15-25-27(16-17)19-8-6-5-7-9-19;/h5-11,14-16H,4,12-13H2,1-3H3,(H2,23,24,26);1H. The van der Waals surface area contributed by atoms with Crippen molar-refractivity contribution in [2.24, 2.45) is 4.99 Å². The number of aromatic nitrogens is 2. The number of guanidine groups is 1. The normalized spacial score (nSPS) is 10.8. The number of hydrogen-bond donors (Lipinski definition) is 2. The third-order valence-corrected chi connectivity index (χ3v) is 4.31. The maximum Gasteiger partial charge on any atom is 0.195 e. The second-order valence-corrected chi connectivity index (χ2v) is 6.30. The van der Waals surface area contributed by atoms with Crippen LogP contribution >= 0.6 is 24.0 Å². The molecule has 0 saturated heterocycles. The summed E-state index contributed by atoms with van der Waals surface area (Å²) < 4.78 is 12.8. The number of ether oxygens (including phenoxy) is 2. The summed E-state index contributed by atoms with van der Waals surface area (Å²) in [6.07, 6.45) is 4.77. The summed E-state index contributed by atoms with van der Waals surface area (Å²) in [5.74, 6) is 2.09. The Kier molecular flexibility index (Phi) is 9.46. The van der Waals surface area contributed by atoms with Gasteiger partial charge in [0, 0.05) is 31.5 Å². The van der Waals surface area contributed by atoms with Gasteiger partial charge in [0.1, 0.15) is 0 Å². The van der Waals surface area contributed by atoms with E-state index in [-0.39, 0.29) is 24.0 Å². The van der Waals surface area contributed by atoms with Crippen molar-refractivity contribution < 1.29 is 9.47 Å². The molecule has 8 heteroatoms. The van der Waals surface area contributed by atoms with E-state index in [9.17, 15) is 0 Å². The zero-order chi connectivity index (χ0) is 20.5. The van der Waals surface area contributed by atoms with E-state index in [2.05, 4.69) is 20.7 Å². The summed E-state index contributed by atoms with van der Waals surface area (Å²) in [6.45, 7) is 3.27. The van der Waals surface area contributed by atoms with Crippen LogP contribution in [0.4, 0.5) is 5.69 Å². The molecule has 0 aliphatic rings. The molecule has 160 valence electrons. The molecule has 0 unspecified atom stereocenters. The molecule has 0 aliphatic heterocycles. The molecule has 0 saturated carbocycles. The van der Waals surface area contributed by atoms with Crippen molar-refractivity contribution in [2.75, 3.05) is 32.6 Å². The van der Waals surface area contributed by atoms with Crippen molar-refractivity contribution in [1.82, 2.24) is 15.1 Å².